The number of alkyl halides is 3. The second-order valence-electron chi connectivity index (χ2n) is 2.61. The van der Waals surface area contributed by atoms with Gasteiger partial charge < -0.3 is 0 Å². The van der Waals surface area contributed by atoms with Crippen LogP contribution in [-0.4, -0.2) is 9.21 Å². The number of nitriles is 1. The lowest BCUT2D eigenvalue weighted by Crippen LogP contribution is -2.30. The van der Waals surface area contributed by atoms with E-state index in [0.29, 0.717) is 6.42 Å². The van der Waals surface area contributed by atoms with E-state index in [1.807, 2.05) is 6.07 Å². The lowest BCUT2D eigenvalue weighted by Gasteiger charge is -2.28. The fraction of sp³-hybridized carbons (Fsp3) is 0.571. The van der Waals surface area contributed by atoms with E-state index in [1.165, 1.54) is 0 Å². The molecule has 0 heterocycles. The quantitative estimate of drug-likeness (QED) is 0.445. The summed E-state index contributed by atoms with van der Waals surface area (Å²) >= 11 is 17.5. The molecular weight excluding hydrogens is 204 g/mol. The Morgan fingerprint density at radius 3 is 2.36 bits per heavy atom. The molecule has 1 unspecified atom stereocenters. The molecule has 0 N–H and O–H groups in total. The van der Waals surface area contributed by atoms with Crippen molar-refractivity contribution in [1.82, 2.24) is 0 Å². The van der Waals surface area contributed by atoms with E-state index in [-0.39, 0.29) is 6.42 Å². The highest BCUT2D eigenvalue weighted by atomic mass is 35.5. The summed E-state index contributed by atoms with van der Waals surface area (Å²) in [5.41, 5.74) is 0. The van der Waals surface area contributed by atoms with Crippen LogP contribution in [0.5, 0.6) is 0 Å². The number of rotatable bonds is 0. The first kappa shape index (κ1) is 9.19. The average Bonchev–Trinajstić information content (AvgIpc) is 1.85. The van der Waals surface area contributed by atoms with E-state index >= 15 is 0 Å². The van der Waals surface area contributed by atoms with Crippen LogP contribution in [0.25, 0.3) is 0 Å². The summed E-state index contributed by atoms with van der Waals surface area (Å²) in [5, 5.41) is 8.63. The van der Waals surface area contributed by atoms with Gasteiger partial charge in [0, 0.05) is 6.42 Å². The molecule has 0 aromatic rings. The fourth-order valence-corrected chi connectivity index (χ4v) is 2.06. The van der Waals surface area contributed by atoms with Crippen LogP contribution >= 0.6 is 34.8 Å². The number of hydrogen-bond acceptors (Lipinski definition) is 1. The van der Waals surface area contributed by atoms with E-state index in [9.17, 15) is 0 Å². The van der Waals surface area contributed by atoms with Crippen LogP contribution in [0, 0.1) is 11.3 Å². The van der Waals surface area contributed by atoms with Gasteiger partial charge in [-0.3, -0.25) is 0 Å². The minimum atomic E-state index is -1.01. The summed E-state index contributed by atoms with van der Waals surface area (Å²) in [7, 11) is 0. The molecule has 1 nitrogen and oxygen atoms in total. The van der Waals surface area contributed by atoms with E-state index in [4.69, 9.17) is 40.1 Å². The molecule has 1 atom stereocenters. The number of allylic oxidation sites excluding steroid dienone is 2. The highest BCUT2D eigenvalue weighted by Gasteiger charge is 2.38. The van der Waals surface area contributed by atoms with Crippen LogP contribution in [0.1, 0.15) is 12.8 Å². The molecule has 0 spiro atoms. The minimum Gasteiger partial charge on any atom is -0.196 e. The summed E-state index contributed by atoms with van der Waals surface area (Å²) in [6, 6.07) is 1.95. The zero-order chi connectivity index (χ0) is 8.54. The molecule has 11 heavy (non-hydrogen) atoms. The smallest absolute Gasteiger partial charge is 0.151 e. The number of hydrogen-bond donors (Lipinski definition) is 0. The van der Waals surface area contributed by atoms with Gasteiger partial charge in [0.1, 0.15) is 4.33 Å². The van der Waals surface area contributed by atoms with Crippen molar-refractivity contribution in [2.24, 2.45) is 0 Å². The second-order valence-corrected chi connectivity index (χ2v) is 4.93. The Bertz CT molecular complexity index is 228. The van der Waals surface area contributed by atoms with Crippen molar-refractivity contribution in [3.63, 3.8) is 0 Å². The molecule has 0 bridgehead atoms. The molecule has 0 fully saturated rings. The normalized spacial score (nSPS) is 34.7. The Kier molecular flexibility index (Phi) is 2.39. The molecule has 0 radical (unpaired) electrons. The predicted molar refractivity (Wildman–Crippen MR) is 47.0 cm³/mol. The maximum Gasteiger partial charge on any atom is 0.151 e. The van der Waals surface area contributed by atoms with E-state index in [2.05, 4.69) is 0 Å². The Morgan fingerprint density at radius 2 is 2.00 bits per heavy atom. The van der Waals surface area contributed by atoms with Gasteiger partial charge in [-0.2, -0.15) is 5.26 Å². The van der Waals surface area contributed by atoms with Crippen LogP contribution < -0.4 is 0 Å². The Hall–Kier alpha value is 0.1000. The zero-order valence-corrected chi connectivity index (χ0v) is 7.92. The van der Waals surface area contributed by atoms with Gasteiger partial charge in [0.05, 0.1) is 6.07 Å². The predicted octanol–water partition coefficient (Wildman–Crippen LogP) is 3.01. The molecule has 4 heteroatoms. The van der Waals surface area contributed by atoms with Crippen LogP contribution in [0.4, 0.5) is 0 Å². The summed E-state index contributed by atoms with van der Waals surface area (Å²) in [6.07, 6.45) is 4.20. The standard InChI is InChI=1S/C7H6Cl3N/c8-6(5-11)2-1-3-7(9,10)4-6/h1-2H,3-4H2. The maximum atomic E-state index is 8.63. The Labute approximate surface area is 80.5 Å². The van der Waals surface area contributed by atoms with E-state index < -0.39 is 9.21 Å². The van der Waals surface area contributed by atoms with Crippen LogP contribution in [-0.2, 0) is 0 Å². The Morgan fingerprint density at radius 1 is 1.36 bits per heavy atom. The molecule has 1 rings (SSSR count). The van der Waals surface area contributed by atoms with Gasteiger partial charge in [-0.15, -0.1) is 23.2 Å². The van der Waals surface area contributed by atoms with E-state index in [0.717, 1.165) is 0 Å². The summed E-state index contributed by atoms with van der Waals surface area (Å²) in [5.74, 6) is 0. The highest BCUT2D eigenvalue weighted by Crippen LogP contribution is 2.41. The Balaban J connectivity index is 2.85. The van der Waals surface area contributed by atoms with Gasteiger partial charge in [-0.05, 0) is 6.42 Å². The molecule has 0 aromatic heterocycles. The topological polar surface area (TPSA) is 23.8 Å². The largest absolute Gasteiger partial charge is 0.196 e. The zero-order valence-electron chi connectivity index (χ0n) is 5.65. The van der Waals surface area contributed by atoms with Crippen LogP contribution in [0.3, 0.4) is 0 Å². The van der Waals surface area contributed by atoms with Gasteiger partial charge in [0.25, 0.3) is 0 Å². The first-order valence-electron chi connectivity index (χ1n) is 3.13. The molecule has 1 aliphatic carbocycles. The fourth-order valence-electron chi connectivity index (χ4n) is 1.00. The highest BCUT2D eigenvalue weighted by molar-refractivity contribution is 6.49. The van der Waals surface area contributed by atoms with Gasteiger partial charge in [0.15, 0.2) is 4.87 Å². The molecular formula is C7H6Cl3N. The van der Waals surface area contributed by atoms with Crippen molar-refractivity contribution in [3.05, 3.63) is 12.2 Å². The minimum absolute atomic E-state index is 0.275. The lowest BCUT2D eigenvalue weighted by molar-refractivity contribution is 0.628. The molecule has 1 aliphatic rings. The summed E-state index contributed by atoms with van der Waals surface area (Å²) in [4.78, 5) is -1.01. The van der Waals surface area contributed by atoms with Crippen molar-refractivity contribution in [2.45, 2.75) is 22.0 Å². The van der Waals surface area contributed by atoms with Crippen molar-refractivity contribution in [1.29, 1.82) is 5.26 Å². The van der Waals surface area contributed by atoms with Gasteiger partial charge >= 0.3 is 0 Å². The molecule has 0 amide bonds. The van der Waals surface area contributed by atoms with E-state index in [1.54, 1.807) is 12.2 Å². The molecule has 0 aromatic carbocycles. The second kappa shape index (κ2) is 2.86. The number of halogens is 3. The van der Waals surface area contributed by atoms with Crippen LogP contribution in [0.15, 0.2) is 12.2 Å². The average molecular weight is 210 g/mol. The molecule has 60 valence electrons. The molecule has 0 aliphatic heterocycles. The van der Waals surface area contributed by atoms with Crippen molar-refractivity contribution < 1.29 is 0 Å². The lowest BCUT2D eigenvalue weighted by atomic mass is 9.95. The van der Waals surface area contributed by atoms with Gasteiger partial charge in [0.2, 0.25) is 0 Å². The van der Waals surface area contributed by atoms with Gasteiger partial charge in [-0.25, -0.2) is 0 Å². The first-order chi connectivity index (χ1) is 4.97. The van der Waals surface area contributed by atoms with Gasteiger partial charge in [-0.1, -0.05) is 23.8 Å². The van der Waals surface area contributed by atoms with Crippen molar-refractivity contribution in [3.8, 4) is 6.07 Å². The molecule has 0 saturated heterocycles. The summed E-state index contributed by atoms with van der Waals surface area (Å²) < 4.78 is -0.883. The third kappa shape index (κ3) is 2.27. The van der Waals surface area contributed by atoms with Crippen molar-refractivity contribution >= 4 is 34.8 Å². The molecule has 0 saturated carbocycles. The monoisotopic (exact) mass is 209 g/mol. The third-order valence-corrected chi connectivity index (χ3v) is 2.42. The maximum absolute atomic E-state index is 8.63. The third-order valence-electron chi connectivity index (χ3n) is 1.50. The first-order valence-corrected chi connectivity index (χ1v) is 4.27. The van der Waals surface area contributed by atoms with Crippen LogP contribution in [0.2, 0.25) is 0 Å². The summed E-state index contributed by atoms with van der Waals surface area (Å²) in [6.45, 7) is 0. The SMILES string of the molecule is N#CC1(Cl)C=CCC(Cl)(Cl)C1. The number of nitrogens with zero attached hydrogens (tertiary/aromatic N) is 1. The van der Waals surface area contributed by atoms with Crippen molar-refractivity contribution in [2.75, 3.05) is 0 Å².